The van der Waals surface area contributed by atoms with Gasteiger partial charge in [-0.1, -0.05) is 41.4 Å². The number of aromatic nitrogens is 1. The van der Waals surface area contributed by atoms with Crippen LogP contribution >= 0.6 is 23.2 Å². The number of aryl methyl sites for hydroxylation is 1. The number of hydrogen-bond donors (Lipinski definition) is 1. The second-order valence-corrected chi connectivity index (χ2v) is 7.12. The standard InChI is InChI=1S/C21H18Cl2FN3O/c1-13-10-16(14(2)27(13)19-5-3-4-18(22)21(19)23)12-25-26-20(28)11-15-6-8-17(24)9-7-15/h3-10,12H,11H2,1-2H3,(H,26,28)/b25-12+. The first-order valence-electron chi connectivity index (χ1n) is 8.56. The lowest BCUT2D eigenvalue weighted by Crippen LogP contribution is -2.19. The molecule has 3 aromatic rings. The Morgan fingerprint density at radius 3 is 2.61 bits per heavy atom. The summed E-state index contributed by atoms with van der Waals surface area (Å²) in [5.41, 5.74) is 6.70. The molecule has 0 aliphatic carbocycles. The lowest BCUT2D eigenvalue weighted by atomic mass is 10.1. The second kappa shape index (κ2) is 8.59. The molecule has 1 amide bonds. The van der Waals surface area contributed by atoms with Crippen LogP contribution in [0.25, 0.3) is 5.69 Å². The van der Waals surface area contributed by atoms with E-state index in [0.717, 1.165) is 22.6 Å². The minimum Gasteiger partial charge on any atom is -0.316 e. The van der Waals surface area contributed by atoms with Gasteiger partial charge in [-0.15, -0.1) is 0 Å². The molecule has 1 heterocycles. The van der Waals surface area contributed by atoms with Crippen LogP contribution in [0.5, 0.6) is 0 Å². The Morgan fingerprint density at radius 2 is 1.89 bits per heavy atom. The molecule has 0 aliphatic rings. The zero-order valence-electron chi connectivity index (χ0n) is 15.3. The van der Waals surface area contributed by atoms with Crippen molar-refractivity contribution < 1.29 is 9.18 Å². The van der Waals surface area contributed by atoms with E-state index < -0.39 is 0 Å². The van der Waals surface area contributed by atoms with Crippen molar-refractivity contribution in [3.8, 4) is 5.69 Å². The summed E-state index contributed by atoms with van der Waals surface area (Å²) in [6.45, 7) is 3.89. The molecule has 0 unspecified atom stereocenters. The minimum atomic E-state index is -0.336. The van der Waals surface area contributed by atoms with Gasteiger partial charge in [0.05, 0.1) is 28.4 Å². The zero-order chi connectivity index (χ0) is 20.3. The number of carbonyl (C=O) groups excluding carboxylic acids is 1. The molecule has 0 atom stereocenters. The summed E-state index contributed by atoms with van der Waals surface area (Å²) in [6, 6.07) is 13.2. The van der Waals surface area contributed by atoms with Crippen LogP contribution < -0.4 is 5.43 Å². The van der Waals surface area contributed by atoms with Crippen molar-refractivity contribution in [2.45, 2.75) is 20.3 Å². The first kappa shape index (κ1) is 20.1. The fraction of sp³-hybridized carbons (Fsp3) is 0.143. The molecule has 0 saturated carbocycles. The fourth-order valence-electron chi connectivity index (χ4n) is 2.96. The number of hydrazone groups is 1. The van der Waals surface area contributed by atoms with Crippen LogP contribution in [0.15, 0.2) is 53.6 Å². The van der Waals surface area contributed by atoms with Crippen LogP contribution in [0.2, 0.25) is 10.0 Å². The van der Waals surface area contributed by atoms with Crippen molar-refractivity contribution in [1.82, 2.24) is 9.99 Å². The summed E-state index contributed by atoms with van der Waals surface area (Å²) in [5.74, 6) is -0.619. The van der Waals surface area contributed by atoms with Gasteiger partial charge < -0.3 is 4.57 Å². The van der Waals surface area contributed by atoms with Crippen molar-refractivity contribution >= 4 is 35.3 Å². The van der Waals surface area contributed by atoms with Crippen molar-refractivity contribution in [3.05, 3.63) is 86.9 Å². The number of halogens is 3. The van der Waals surface area contributed by atoms with E-state index in [2.05, 4.69) is 10.5 Å². The third kappa shape index (κ3) is 4.43. The largest absolute Gasteiger partial charge is 0.316 e. The van der Waals surface area contributed by atoms with Gasteiger partial charge in [-0.2, -0.15) is 5.10 Å². The predicted molar refractivity (Wildman–Crippen MR) is 111 cm³/mol. The van der Waals surface area contributed by atoms with Gasteiger partial charge in [0.1, 0.15) is 5.82 Å². The van der Waals surface area contributed by atoms with Gasteiger partial charge in [-0.25, -0.2) is 9.82 Å². The number of benzene rings is 2. The Morgan fingerprint density at radius 1 is 1.18 bits per heavy atom. The summed E-state index contributed by atoms with van der Waals surface area (Å²) in [6.07, 6.45) is 1.70. The molecule has 4 nitrogen and oxygen atoms in total. The number of hydrogen-bond acceptors (Lipinski definition) is 2. The first-order chi connectivity index (χ1) is 13.4. The molecular formula is C21H18Cl2FN3O. The maximum atomic E-state index is 12.9. The quantitative estimate of drug-likeness (QED) is 0.448. The summed E-state index contributed by atoms with van der Waals surface area (Å²) in [4.78, 5) is 12.0. The number of nitrogens with one attached hydrogen (secondary N) is 1. The average molecular weight is 418 g/mol. The highest BCUT2D eigenvalue weighted by atomic mass is 35.5. The number of amides is 1. The van der Waals surface area contributed by atoms with Crippen molar-refractivity contribution in [2.24, 2.45) is 5.10 Å². The van der Waals surface area contributed by atoms with E-state index in [0.29, 0.717) is 15.6 Å². The third-order valence-electron chi connectivity index (χ3n) is 4.31. The highest BCUT2D eigenvalue weighted by Crippen LogP contribution is 2.31. The Labute approximate surface area is 172 Å². The van der Waals surface area contributed by atoms with E-state index >= 15 is 0 Å². The molecular weight excluding hydrogens is 400 g/mol. The molecule has 0 fully saturated rings. The van der Waals surface area contributed by atoms with E-state index in [1.807, 2.05) is 36.6 Å². The van der Waals surface area contributed by atoms with E-state index in [1.165, 1.54) is 12.1 Å². The molecule has 0 bridgehead atoms. The molecule has 0 spiro atoms. The van der Waals surface area contributed by atoms with Gasteiger partial charge in [0.2, 0.25) is 5.91 Å². The number of nitrogens with zero attached hydrogens (tertiary/aromatic N) is 2. The van der Waals surface area contributed by atoms with Gasteiger partial charge in [0, 0.05) is 17.0 Å². The average Bonchev–Trinajstić information content (AvgIpc) is 2.93. The van der Waals surface area contributed by atoms with Crippen LogP contribution in [0.1, 0.15) is 22.5 Å². The van der Waals surface area contributed by atoms with Gasteiger partial charge in [-0.05, 0) is 49.7 Å². The Hall–Kier alpha value is -2.63. The van der Waals surface area contributed by atoms with Crippen molar-refractivity contribution in [3.63, 3.8) is 0 Å². The van der Waals surface area contributed by atoms with Crippen LogP contribution in [0.4, 0.5) is 4.39 Å². The molecule has 144 valence electrons. The van der Waals surface area contributed by atoms with E-state index in [4.69, 9.17) is 23.2 Å². The van der Waals surface area contributed by atoms with E-state index in [9.17, 15) is 9.18 Å². The van der Waals surface area contributed by atoms with Crippen LogP contribution in [-0.4, -0.2) is 16.7 Å². The van der Waals surface area contributed by atoms with Crippen molar-refractivity contribution in [2.75, 3.05) is 0 Å². The Bertz CT molecular complexity index is 1040. The smallest absolute Gasteiger partial charge is 0.244 e. The van der Waals surface area contributed by atoms with Crippen LogP contribution in [-0.2, 0) is 11.2 Å². The molecule has 3 rings (SSSR count). The lowest BCUT2D eigenvalue weighted by molar-refractivity contribution is -0.120. The number of carbonyl (C=O) groups is 1. The van der Waals surface area contributed by atoms with E-state index in [1.54, 1.807) is 24.4 Å². The Balaban J connectivity index is 1.73. The highest BCUT2D eigenvalue weighted by molar-refractivity contribution is 6.43. The predicted octanol–water partition coefficient (Wildman–Crippen LogP) is 5.23. The fourth-order valence-corrected chi connectivity index (χ4v) is 3.34. The molecule has 28 heavy (non-hydrogen) atoms. The van der Waals surface area contributed by atoms with Gasteiger partial charge in [-0.3, -0.25) is 4.79 Å². The van der Waals surface area contributed by atoms with Gasteiger partial charge in [0.25, 0.3) is 0 Å². The number of rotatable bonds is 5. The monoisotopic (exact) mass is 417 g/mol. The van der Waals surface area contributed by atoms with Crippen LogP contribution in [0, 0.1) is 19.7 Å². The third-order valence-corrected chi connectivity index (χ3v) is 5.12. The van der Waals surface area contributed by atoms with Crippen molar-refractivity contribution in [1.29, 1.82) is 0 Å². The normalized spacial score (nSPS) is 11.2. The molecule has 1 N–H and O–H groups in total. The molecule has 2 aromatic carbocycles. The topological polar surface area (TPSA) is 46.4 Å². The molecule has 0 saturated heterocycles. The molecule has 0 radical (unpaired) electrons. The SMILES string of the molecule is Cc1cc(/C=N/NC(=O)Cc2ccc(F)cc2)c(C)n1-c1cccc(Cl)c1Cl. The zero-order valence-corrected chi connectivity index (χ0v) is 16.9. The summed E-state index contributed by atoms with van der Waals surface area (Å²) >= 11 is 12.5. The minimum absolute atomic E-state index is 0.120. The highest BCUT2D eigenvalue weighted by Gasteiger charge is 2.13. The summed E-state index contributed by atoms with van der Waals surface area (Å²) < 4.78 is 14.9. The van der Waals surface area contributed by atoms with Gasteiger partial charge >= 0.3 is 0 Å². The molecule has 7 heteroatoms. The molecule has 0 aliphatic heterocycles. The lowest BCUT2D eigenvalue weighted by Gasteiger charge is -2.12. The second-order valence-electron chi connectivity index (χ2n) is 6.33. The Kier molecular flexibility index (Phi) is 6.17. The summed E-state index contributed by atoms with van der Waals surface area (Å²) in [5, 5.41) is 4.99. The first-order valence-corrected chi connectivity index (χ1v) is 9.32. The van der Waals surface area contributed by atoms with E-state index in [-0.39, 0.29) is 18.1 Å². The molecule has 1 aromatic heterocycles. The maximum absolute atomic E-state index is 12.9. The summed E-state index contributed by atoms with van der Waals surface area (Å²) in [7, 11) is 0. The van der Waals surface area contributed by atoms with Gasteiger partial charge in [0.15, 0.2) is 0 Å². The van der Waals surface area contributed by atoms with Crippen LogP contribution in [0.3, 0.4) is 0 Å². The maximum Gasteiger partial charge on any atom is 0.244 e.